The molecule has 70 valence electrons. The molecule has 1 heterocycles. The Labute approximate surface area is 75.0 Å². The van der Waals surface area contributed by atoms with Gasteiger partial charge in [-0.3, -0.25) is 0 Å². The minimum absolute atomic E-state index is 0.384. The van der Waals surface area contributed by atoms with Crippen LogP contribution in [0.4, 0.5) is 0 Å². The number of hydrogen-bond donors (Lipinski definition) is 1. The molecule has 0 aromatic carbocycles. The minimum atomic E-state index is 0.384. The molecule has 1 rings (SSSR count). The molecule has 0 saturated carbocycles. The van der Waals surface area contributed by atoms with Crippen LogP contribution in [0.3, 0.4) is 0 Å². The molecule has 0 bridgehead atoms. The maximum atomic E-state index is 5.44. The van der Waals surface area contributed by atoms with E-state index in [0.29, 0.717) is 12.1 Å². The van der Waals surface area contributed by atoms with Crippen molar-refractivity contribution in [3.63, 3.8) is 0 Å². The lowest BCUT2D eigenvalue weighted by molar-refractivity contribution is 0.113. The molecule has 0 aromatic heterocycles. The first-order valence-electron chi connectivity index (χ1n) is 4.69. The van der Waals surface area contributed by atoms with E-state index in [2.05, 4.69) is 25.7 Å². The van der Waals surface area contributed by atoms with Crippen molar-refractivity contribution in [2.45, 2.75) is 38.8 Å². The molecular weight excluding hydrogens is 150 g/mol. The summed E-state index contributed by atoms with van der Waals surface area (Å²) >= 11 is 0. The fraction of sp³-hybridized carbons (Fsp3) is 0.800. The topological polar surface area (TPSA) is 21.3 Å². The van der Waals surface area contributed by atoms with E-state index in [-0.39, 0.29) is 0 Å². The van der Waals surface area contributed by atoms with Gasteiger partial charge in [0.15, 0.2) is 0 Å². The van der Waals surface area contributed by atoms with Crippen LogP contribution in [0.5, 0.6) is 0 Å². The van der Waals surface area contributed by atoms with Gasteiger partial charge >= 0.3 is 0 Å². The smallest absolute Gasteiger partial charge is 0.0700 e. The highest BCUT2D eigenvalue weighted by atomic mass is 16.5. The van der Waals surface area contributed by atoms with Crippen molar-refractivity contribution in [1.29, 1.82) is 0 Å². The molecule has 0 amide bonds. The number of ether oxygens (including phenoxy) is 1. The molecule has 2 unspecified atom stereocenters. The zero-order valence-corrected chi connectivity index (χ0v) is 8.10. The number of rotatable bonds is 4. The van der Waals surface area contributed by atoms with E-state index in [1.165, 1.54) is 5.57 Å². The van der Waals surface area contributed by atoms with E-state index >= 15 is 0 Å². The molecule has 12 heavy (non-hydrogen) atoms. The van der Waals surface area contributed by atoms with Crippen LogP contribution in [0, 0.1) is 0 Å². The van der Waals surface area contributed by atoms with Crippen LogP contribution in [0.1, 0.15) is 26.7 Å². The Bertz CT molecular complexity index is 156. The van der Waals surface area contributed by atoms with Gasteiger partial charge in [0.1, 0.15) is 0 Å². The summed E-state index contributed by atoms with van der Waals surface area (Å²) in [6.07, 6.45) is 2.61. The van der Waals surface area contributed by atoms with E-state index in [4.69, 9.17) is 4.74 Å². The summed E-state index contributed by atoms with van der Waals surface area (Å²) in [6, 6.07) is 0.560. The standard InChI is InChI=1S/C10H19NO/c1-8(2)4-6-11-10-5-7-12-9(10)3/h9-11H,1,4-7H2,2-3H3. The summed E-state index contributed by atoms with van der Waals surface area (Å²) in [5.74, 6) is 0. The zero-order valence-electron chi connectivity index (χ0n) is 8.10. The van der Waals surface area contributed by atoms with E-state index in [0.717, 1.165) is 26.0 Å². The lowest BCUT2D eigenvalue weighted by atomic mass is 10.1. The summed E-state index contributed by atoms with van der Waals surface area (Å²) in [7, 11) is 0. The molecule has 1 saturated heterocycles. The van der Waals surface area contributed by atoms with Gasteiger partial charge in [0.25, 0.3) is 0 Å². The molecule has 2 nitrogen and oxygen atoms in total. The highest BCUT2D eigenvalue weighted by Gasteiger charge is 2.22. The van der Waals surface area contributed by atoms with Gasteiger partial charge in [-0.05, 0) is 33.2 Å². The average molecular weight is 169 g/mol. The zero-order chi connectivity index (χ0) is 8.97. The van der Waals surface area contributed by atoms with Gasteiger partial charge in [0, 0.05) is 12.6 Å². The Morgan fingerprint density at radius 2 is 2.42 bits per heavy atom. The van der Waals surface area contributed by atoms with E-state index in [1.807, 2.05) is 0 Å². The molecular formula is C10H19NO. The Hall–Kier alpha value is -0.340. The molecule has 0 spiro atoms. The van der Waals surface area contributed by atoms with Crippen LogP contribution >= 0.6 is 0 Å². The summed E-state index contributed by atoms with van der Waals surface area (Å²) in [6.45, 7) is 10.0. The highest BCUT2D eigenvalue weighted by Crippen LogP contribution is 2.12. The molecule has 0 aliphatic carbocycles. The fourth-order valence-corrected chi connectivity index (χ4v) is 1.47. The Kier molecular flexibility index (Phi) is 3.76. The first-order valence-corrected chi connectivity index (χ1v) is 4.69. The van der Waals surface area contributed by atoms with Crippen LogP contribution in [-0.4, -0.2) is 25.3 Å². The van der Waals surface area contributed by atoms with Crippen LogP contribution < -0.4 is 5.32 Å². The van der Waals surface area contributed by atoms with Gasteiger partial charge < -0.3 is 10.1 Å². The molecule has 0 radical (unpaired) electrons. The van der Waals surface area contributed by atoms with Crippen LogP contribution in [0.15, 0.2) is 12.2 Å². The third-order valence-corrected chi connectivity index (χ3v) is 2.33. The summed E-state index contributed by atoms with van der Waals surface area (Å²) in [4.78, 5) is 0. The minimum Gasteiger partial charge on any atom is -0.377 e. The second-order valence-electron chi connectivity index (χ2n) is 3.63. The Morgan fingerprint density at radius 1 is 1.67 bits per heavy atom. The molecule has 2 heteroatoms. The fourth-order valence-electron chi connectivity index (χ4n) is 1.47. The van der Waals surface area contributed by atoms with Crippen LogP contribution in [0.2, 0.25) is 0 Å². The molecule has 1 N–H and O–H groups in total. The predicted octanol–water partition coefficient (Wildman–Crippen LogP) is 1.72. The van der Waals surface area contributed by atoms with Crippen molar-refractivity contribution in [2.24, 2.45) is 0 Å². The third kappa shape index (κ3) is 2.95. The van der Waals surface area contributed by atoms with Gasteiger partial charge in [0.2, 0.25) is 0 Å². The summed E-state index contributed by atoms with van der Waals surface area (Å²) in [5.41, 5.74) is 1.24. The maximum absolute atomic E-state index is 5.44. The second-order valence-corrected chi connectivity index (χ2v) is 3.63. The van der Waals surface area contributed by atoms with Gasteiger partial charge in [-0.25, -0.2) is 0 Å². The van der Waals surface area contributed by atoms with Crippen LogP contribution in [0.25, 0.3) is 0 Å². The Morgan fingerprint density at radius 3 is 2.92 bits per heavy atom. The van der Waals surface area contributed by atoms with Crippen LogP contribution in [-0.2, 0) is 4.74 Å². The van der Waals surface area contributed by atoms with E-state index in [9.17, 15) is 0 Å². The van der Waals surface area contributed by atoms with E-state index in [1.54, 1.807) is 0 Å². The average Bonchev–Trinajstić information content (AvgIpc) is 2.36. The van der Waals surface area contributed by atoms with E-state index < -0.39 is 0 Å². The summed E-state index contributed by atoms with van der Waals surface area (Å²) < 4.78 is 5.44. The molecule has 1 fully saturated rings. The van der Waals surface area contributed by atoms with Crippen molar-refractivity contribution in [2.75, 3.05) is 13.2 Å². The first kappa shape index (κ1) is 9.75. The maximum Gasteiger partial charge on any atom is 0.0700 e. The largest absolute Gasteiger partial charge is 0.377 e. The van der Waals surface area contributed by atoms with Crippen molar-refractivity contribution in [1.82, 2.24) is 5.32 Å². The van der Waals surface area contributed by atoms with Crippen molar-refractivity contribution < 1.29 is 4.74 Å². The van der Waals surface area contributed by atoms with Gasteiger partial charge in [-0.2, -0.15) is 0 Å². The highest BCUT2D eigenvalue weighted by molar-refractivity contribution is 4.89. The number of nitrogens with one attached hydrogen (secondary N) is 1. The Balaban J connectivity index is 2.10. The van der Waals surface area contributed by atoms with Gasteiger partial charge in [-0.15, -0.1) is 6.58 Å². The summed E-state index contributed by atoms with van der Waals surface area (Å²) in [5, 5.41) is 3.48. The second kappa shape index (κ2) is 4.63. The first-order chi connectivity index (χ1) is 5.70. The molecule has 2 atom stereocenters. The third-order valence-electron chi connectivity index (χ3n) is 2.33. The molecule has 1 aliphatic rings. The normalized spacial score (nSPS) is 29.2. The van der Waals surface area contributed by atoms with Crippen molar-refractivity contribution in [3.05, 3.63) is 12.2 Å². The van der Waals surface area contributed by atoms with Gasteiger partial charge in [0.05, 0.1) is 6.10 Å². The number of hydrogen-bond acceptors (Lipinski definition) is 2. The van der Waals surface area contributed by atoms with Gasteiger partial charge in [-0.1, -0.05) is 5.57 Å². The molecule has 1 aliphatic heterocycles. The lowest BCUT2D eigenvalue weighted by Crippen LogP contribution is -2.35. The molecule has 0 aromatic rings. The quantitative estimate of drug-likeness (QED) is 0.647. The monoisotopic (exact) mass is 169 g/mol. The SMILES string of the molecule is C=C(C)CCNC1CCOC1C. The van der Waals surface area contributed by atoms with Crippen molar-refractivity contribution in [3.8, 4) is 0 Å². The predicted molar refractivity (Wildman–Crippen MR) is 51.3 cm³/mol. The lowest BCUT2D eigenvalue weighted by Gasteiger charge is -2.15. The van der Waals surface area contributed by atoms with Crippen molar-refractivity contribution >= 4 is 0 Å².